The van der Waals surface area contributed by atoms with Gasteiger partial charge in [0.05, 0.1) is 0 Å². The molecule has 2 rings (SSSR count). The Bertz CT molecular complexity index is 533. The van der Waals surface area contributed by atoms with Crippen molar-refractivity contribution in [1.82, 2.24) is 5.32 Å². The highest BCUT2D eigenvalue weighted by atomic mass is 16.3. The van der Waals surface area contributed by atoms with E-state index in [2.05, 4.69) is 25.2 Å². The van der Waals surface area contributed by atoms with Gasteiger partial charge < -0.3 is 14.8 Å². The minimum atomic E-state index is 0.209. The second kappa shape index (κ2) is 6.22. The van der Waals surface area contributed by atoms with Crippen LogP contribution in [-0.4, -0.2) is 17.8 Å². The van der Waals surface area contributed by atoms with E-state index in [4.69, 9.17) is 4.42 Å². The molecule has 2 atom stereocenters. The van der Waals surface area contributed by atoms with Crippen molar-refractivity contribution in [2.24, 2.45) is 5.92 Å². The first-order chi connectivity index (χ1) is 9.17. The third-order valence-corrected chi connectivity index (χ3v) is 3.85. The minimum absolute atomic E-state index is 0.209. The molecule has 0 aliphatic carbocycles. The van der Waals surface area contributed by atoms with E-state index in [0.29, 0.717) is 0 Å². The van der Waals surface area contributed by atoms with Crippen LogP contribution in [0.25, 0.3) is 11.0 Å². The Kier molecular flexibility index (Phi) is 4.61. The maximum atomic E-state index is 9.18. The van der Waals surface area contributed by atoms with Gasteiger partial charge in [0, 0.05) is 36.6 Å². The molecule has 3 heteroatoms. The summed E-state index contributed by atoms with van der Waals surface area (Å²) in [5.41, 5.74) is 2.20. The summed E-state index contributed by atoms with van der Waals surface area (Å²) in [6.07, 6.45) is 0.898. The maximum absolute atomic E-state index is 9.18. The van der Waals surface area contributed by atoms with E-state index in [0.717, 1.165) is 24.3 Å². The molecule has 0 saturated carbocycles. The van der Waals surface area contributed by atoms with E-state index >= 15 is 0 Å². The molecule has 0 spiro atoms. The summed E-state index contributed by atoms with van der Waals surface area (Å²) in [4.78, 5) is 0. The molecule has 2 unspecified atom stereocenters. The molecular weight excluding hydrogens is 238 g/mol. The molecule has 2 N–H and O–H groups in total. The lowest BCUT2D eigenvalue weighted by molar-refractivity contribution is 0.207. The fourth-order valence-electron chi connectivity index (χ4n) is 2.25. The molecule has 19 heavy (non-hydrogen) atoms. The second-order valence-electron chi connectivity index (χ2n) is 5.18. The normalized spacial score (nSPS) is 14.7. The summed E-state index contributed by atoms with van der Waals surface area (Å²) in [6.45, 7) is 7.26. The summed E-state index contributed by atoms with van der Waals surface area (Å²) in [6, 6.07) is 8.44. The zero-order valence-corrected chi connectivity index (χ0v) is 11.9. The van der Waals surface area contributed by atoms with Crippen LogP contribution in [0.3, 0.4) is 0 Å². The summed E-state index contributed by atoms with van der Waals surface area (Å²) in [5, 5.41) is 13.8. The van der Waals surface area contributed by atoms with Gasteiger partial charge in [-0.1, -0.05) is 32.0 Å². The van der Waals surface area contributed by atoms with Gasteiger partial charge in [-0.25, -0.2) is 0 Å². The molecule has 2 aromatic rings. The highest BCUT2D eigenvalue weighted by molar-refractivity contribution is 5.82. The average Bonchev–Trinajstić information content (AvgIpc) is 2.81. The molecule has 1 heterocycles. The first kappa shape index (κ1) is 14.1. The van der Waals surface area contributed by atoms with E-state index in [9.17, 15) is 5.11 Å². The van der Waals surface area contributed by atoms with Crippen molar-refractivity contribution in [3.05, 3.63) is 35.6 Å². The number of hydrogen-bond donors (Lipinski definition) is 2. The molecule has 104 valence electrons. The average molecular weight is 261 g/mol. The fourth-order valence-corrected chi connectivity index (χ4v) is 2.25. The number of aryl methyl sites for hydroxylation is 1. The lowest BCUT2D eigenvalue weighted by atomic mass is 10.0. The van der Waals surface area contributed by atoms with Gasteiger partial charge in [-0.15, -0.1) is 0 Å². The highest BCUT2D eigenvalue weighted by Gasteiger charge is 2.15. The fraction of sp³-hybridized carbons (Fsp3) is 0.500. The number of aliphatic hydroxyl groups is 1. The third-order valence-electron chi connectivity index (χ3n) is 3.85. The molecule has 1 aromatic carbocycles. The molecule has 0 fully saturated rings. The number of nitrogens with one attached hydrogen (secondary N) is 1. The zero-order valence-electron chi connectivity index (χ0n) is 11.9. The highest BCUT2D eigenvalue weighted by Crippen LogP contribution is 2.26. The van der Waals surface area contributed by atoms with Gasteiger partial charge in [0.15, 0.2) is 0 Å². The predicted molar refractivity (Wildman–Crippen MR) is 78.1 cm³/mol. The van der Waals surface area contributed by atoms with Crippen LogP contribution in [0, 0.1) is 5.92 Å². The van der Waals surface area contributed by atoms with Crippen molar-refractivity contribution in [3.8, 4) is 0 Å². The van der Waals surface area contributed by atoms with Crippen LogP contribution in [0.15, 0.2) is 28.7 Å². The predicted octanol–water partition coefficient (Wildman–Crippen LogP) is 3.10. The SMILES string of the molecule is CCc1oc2ccccc2c1CNC(C)C(C)CO. The summed E-state index contributed by atoms with van der Waals surface area (Å²) in [7, 11) is 0. The molecule has 0 aliphatic rings. The Balaban J connectivity index is 2.19. The Hall–Kier alpha value is -1.32. The Morgan fingerprint density at radius 1 is 1.26 bits per heavy atom. The largest absolute Gasteiger partial charge is 0.461 e. The Morgan fingerprint density at radius 2 is 2.00 bits per heavy atom. The third kappa shape index (κ3) is 2.99. The van der Waals surface area contributed by atoms with Crippen LogP contribution in [-0.2, 0) is 13.0 Å². The van der Waals surface area contributed by atoms with Gasteiger partial charge >= 0.3 is 0 Å². The molecule has 0 aliphatic heterocycles. The van der Waals surface area contributed by atoms with Crippen LogP contribution < -0.4 is 5.32 Å². The number of aliphatic hydroxyl groups excluding tert-OH is 1. The van der Waals surface area contributed by atoms with Gasteiger partial charge in [-0.3, -0.25) is 0 Å². The van der Waals surface area contributed by atoms with E-state index < -0.39 is 0 Å². The molecule has 1 aromatic heterocycles. The molecule has 3 nitrogen and oxygen atoms in total. The number of benzene rings is 1. The molecule has 0 amide bonds. The van der Waals surface area contributed by atoms with Crippen LogP contribution in [0.5, 0.6) is 0 Å². The Labute approximate surface area is 114 Å². The van der Waals surface area contributed by atoms with E-state index in [1.165, 1.54) is 10.9 Å². The zero-order chi connectivity index (χ0) is 13.8. The number of fused-ring (bicyclic) bond motifs is 1. The lowest BCUT2D eigenvalue weighted by Gasteiger charge is -2.19. The van der Waals surface area contributed by atoms with Gasteiger partial charge in [0.2, 0.25) is 0 Å². The van der Waals surface area contributed by atoms with E-state index in [1.807, 2.05) is 25.1 Å². The maximum Gasteiger partial charge on any atom is 0.134 e. The first-order valence-electron chi connectivity index (χ1n) is 7.00. The van der Waals surface area contributed by atoms with Crippen molar-refractivity contribution in [3.63, 3.8) is 0 Å². The van der Waals surface area contributed by atoms with Crippen molar-refractivity contribution in [1.29, 1.82) is 0 Å². The van der Waals surface area contributed by atoms with Gasteiger partial charge in [-0.2, -0.15) is 0 Å². The number of furan rings is 1. The quantitative estimate of drug-likeness (QED) is 0.840. The summed E-state index contributed by atoms with van der Waals surface area (Å²) >= 11 is 0. The van der Waals surface area contributed by atoms with Crippen molar-refractivity contribution in [2.75, 3.05) is 6.61 Å². The number of rotatable bonds is 6. The monoisotopic (exact) mass is 261 g/mol. The lowest BCUT2D eigenvalue weighted by Crippen LogP contribution is -2.33. The Morgan fingerprint density at radius 3 is 2.68 bits per heavy atom. The minimum Gasteiger partial charge on any atom is -0.461 e. The molecule has 0 bridgehead atoms. The van der Waals surface area contributed by atoms with E-state index in [-0.39, 0.29) is 18.6 Å². The summed E-state index contributed by atoms with van der Waals surface area (Å²) < 4.78 is 5.88. The van der Waals surface area contributed by atoms with Gasteiger partial charge in [-0.05, 0) is 18.9 Å². The van der Waals surface area contributed by atoms with Crippen LogP contribution in [0.4, 0.5) is 0 Å². The van der Waals surface area contributed by atoms with E-state index in [1.54, 1.807) is 0 Å². The standard InChI is InChI=1S/C16H23NO2/c1-4-15-14(9-17-12(3)11(2)10-18)13-7-5-6-8-16(13)19-15/h5-8,11-12,17-18H,4,9-10H2,1-3H3. The molecular formula is C16H23NO2. The van der Waals surface area contributed by atoms with Crippen LogP contribution >= 0.6 is 0 Å². The molecule has 0 radical (unpaired) electrons. The van der Waals surface area contributed by atoms with Crippen LogP contribution in [0.1, 0.15) is 32.1 Å². The van der Waals surface area contributed by atoms with Crippen LogP contribution in [0.2, 0.25) is 0 Å². The smallest absolute Gasteiger partial charge is 0.134 e. The first-order valence-corrected chi connectivity index (χ1v) is 7.00. The second-order valence-corrected chi connectivity index (χ2v) is 5.18. The molecule has 0 saturated heterocycles. The van der Waals surface area contributed by atoms with Gasteiger partial charge in [0.25, 0.3) is 0 Å². The van der Waals surface area contributed by atoms with Crippen molar-refractivity contribution < 1.29 is 9.52 Å². The topological polar surface area (TPSA) is 45.4 Å². The van der Waals surface area contributed by atoms with Crippen molar-refractivity contribution >= 4 is 11.0 Å². The van der Waals surface area contributed by atoms with Crippen molar-refractivity contribution in [2.45, 2.75) is 39.8 Å². The number of hydrogen-bond acceptors (Lipinski definition) is 3. The summed E-state index contributed by atoms with van der Waals surface area (Å²) in [5.74, 6) is 1.31. The number of para-hydroxylation sites is 1. The van der Waals surface area contributed by atoms with Gasteiger partial charge in [0.1, 0.15) is 11.3 Å².